The summed E-state index contributed by atoms with van der Waals surface area (Å²) in [6.45, 7) is 9.98. The molecule has 33 heavy (non-hydrogen) atoms. The Morgan fingerprint density at radius 3 is 2.76 bits per heavy atom. The molecule has 3 rings (SSSR count). The standard InChI is InChI=1S/C20H31N4O6P.CH4O/c1-12(2)24(13(3)4)31(28-9-7-8-21)30-16-15-18(29-20(16,6)11-27-15)23-10-14(5)17(25)22-19(23)26;1-2/h10,12-13,15-16,18H,7,9,11H2,1-6H3,(H,22,25,26);2H,1H3/t15-,16+,18-,20+,31?;/m1./s1/i6D;2T. The molecule has 2 fully saturated rings. The number of nitriles is 1. The number of aromatic nitrogens is 2. The number of fused-ring (bicyclic) bond motifs is 2. The summed E-state index contributed by atoms with van der Waals surface area (Å²) in [5.41, 5.74) is -1.78. The molecule has 5 atom stereocenters. The Balaban J connectivity index is 0.00000137. The molecule has 2 aliphatic rings. The van der Waals surface area contributed by atoms with Crippen LogP contribution in [0.2, 0.25) is 0 Å². The number of aromatic amines is 1. The molecule has 2 N–H and O–H groups in total. The summed E-state index contributed by atoms with van der Waals surface area (Å²) in [5.74, 6) is 0. The van der Waals surface area contributed by atoms with Crippen LogP contribution in [-0.4, -0.2) is 71.0 Å². The summed E-state index contributed by atoms with van der Waals surface area (Å²) < 4.78 is 41.8. The van der Waals surface area contributed by atoms with E-state index in [1.54, 1.807) is 6.92 Å². The number of aryl methyl sites for hydroxylation is 1. The minimum Gasteiger partial charge on any atom is -0.400 e. The van der Waals surface area contributed by atoms with Crippen molar-refractivity contribution in [2.45, 2.75) is 84.1 Å². The first-order valence-electron chi connectivity index (χ1n) is 11.8. The lowest BCUT2D eigenvalue weighted by atomic mass is 10.0. The van der Waals surface area contributed by atoms with Crippen LogP contribution in [0, 0.1) is 18.3 Å². The molecule has 12 heteroatoms. The molecule has 186 valence electrons. The van der Waals surface area contributed by atoms with Gasteiger partial charge in [0.15, 0.2) is 6.23 Å². The second-order valence-corrected chi connectivity index (χ2v) is 9.81. The second kappa shape index (κ2) is 11.7. The van der Waals surface area contributed by atoms with E-state index in [2.05, 4.69) is 20.8 Å². The van der Waals surface area contributed by atoms with Gasteiger partial charge in [-0.15, -0.1) is 0 Å². The molecular formula is C21H35N4O7P. The Hall–Kier alpha value is -1.64. The maximum atomic E-state index is 12.5. The largest absolute Gasteiger partial charge is 0.400 e. The molecule has 1 aromatic rings. The number of aliphatic hydroxyl groups excluding tert-OH is 1. The maximum absolute atomic E-state index is 12.5. The first-order chi connectivity index (χ1) is 16.6. The molecule has 1 aromatic heterocycles. The molecular weight excluding hydrogens is 451 g/mol. The Labute approximate surface area is 198 Å². The van der Waals surface area contributed by atoms with Gasteiger partial charge in [-0.25, -0.2) is 9.46 Å². The summed E-state index contributed by atoms with van der Waals surface area (Å²) in [6, 6.07) is 2.29. The summed E-state index contributed by atoms with van der Waals surface area (Å²) in [7, 11) is -0.298. The average Bonchev–Trinajstić information content (AvgIpc) is 3.28. The Morgan fingerprint density at radius 2 is 2.18 bits per heavy atom. The van der Waals surface area contributed by atoms with Gasteiger partial charge in [0.2, 0.25) is 1.43 Å². The van der Waals surface area contributed by atoms with E-state index in [4.69, 9.17) is 26.6 Å². The van der Waals surface area contributed by atoms with Gasteiger partial charge < -0.3 is 23.6 Å². The number of H-pyrrole nitrogens is 1. The molecule has 0 aliphatic carbocycles. The van der Waals surface area contributed by atoms with Gasteiger partial charge in [-0.2, -0.15) is 5.26 Å². The van der Waals surface area contributed by atoms with E-state index < -0.39 is 43.8 Å². The minimum atomic E-state index is -1.59. The third kappa shape index (κ3) is 5.89. The van der Waals surface area contributed by atoms with Crippen LogP contribution in [0.4, 0.5) is 0 Å². The summed E-state index contributed by atoms with van der Waals surface area (Å²) >= 11 is 0. The fourth-order valence-corrected chi connectivity index (χ4v) is 5.70. The van der Waals surface area contributed by atoms with E-state index in [1.807, 2.05) is 27.7 Å². The molecule has 2 saturated heterocycles. The van der Waals surface area contributed by atoms with Crippen molar-refractivity contribution in [1.82, 2.24) is 14.2 Å². The SMILES string of the molecule is [2H]C[C@@]12CO[C@@H]([C@H](n3cc(C)c(=O)[nH]c3=O)O1)[C@@H]2OP(OCCC#N)N(C(C)C)C(C)C.[3H]OC. The summed E-state index contributed by atoms with van der Waals surface area (Å²) in [5, 5.41) is 12.4. The molecule has 2 aliphatic heterocycles. The summed E-state index contributed by atoms with van der Waals surface area (Å²) in [6.07, 6.45) is -0.493. The van der Waals surface area contributed by atoms with Crippen LogP contribution < -0.4 is 11.2 Å². The Bertz CT molecular complexity index is 978. The van der Waals surface area contributed by atoms with Crippen molar-refractivity contribution in [1.29, 1.82) is 6.69 Å². The van der Waals surface area contributed by atoms with E-state index >= 15 is 0 Å². The fourth-order valence-electron chi connectivity index (χ4n) is 3.88. The van der Waals surface area contributed by atoms with Crippen LogP contribution in [0.3, 0.4) is 0 Å². The van der Waals surface area contributed by atoms with Crippen molar-refractivity contribution in [3.63, 3.8) is 0 Å². The normalized spacial score (nSPS) is 27.8. The lowest BCUT2D eigenvalue weighted by Crippen LogP contribution is -2.41. The third-order valence-corrected chi connectivity index (χ3v) is 7.37. The molecule has 0 amide bonds. The van der Waals surface area contributed by atoms with Crippen molar-refractivity contribution in [2.75, 3.05) is 20.3 Å². The highest BCUT2D eigenvalue weighted by Crippen LogP contribution is 2.54. The van der Waals surface area contributed by atoms with E-state index in [-0.39, 0.29) is 38.6 Å². The highest BCUT2D eigenvalue weighted by Gasteiger charge is 2.62. The van der Waals surface area contributed by atoms with Crippen LogP contribution in [0.25, 0.3) is 0 Å². The first-order valence-corrected chi connectivity index (χ1v) is 11.8. The van der Waals surface area contributed by atoms with Crippen LogP contribution in [0.5, 0.6) is 0 Å². The quantitative estimate of drug-likeness (QED) is 0.393. The molecule has 0 aromatic carbocycles. The van der Waals surface area contributed by atoms with Gasteiger partial charge in [-0.1, -0.05) is 0 Å². The number of nitrogens with one attached hydrogen (secondary N) is 1. The highest BCUT2D eigenvalue weighted by molar-refractivity contribution is 7.44. The van der Waals surface area contributed by atoms with Gasteiger partial charge in [0, 0.05) is 32.3 Å². The monoisotopic (exact) mass is 489 g/mol. The van der Waals surface area contributed by atoms with Crippen LogP contribution >= 0.6 is 8.53 Å². The number of nitrogens with zero attached hydrogens (tertiary/aromatic N) is 3. The zero-order valence-electron chi connectivity index (χ0n) is 21.9. The fraction of sp³-hybridized carbons (Fsp3) is 0.762. The van der Waals surface area contributed by atoms with Gasteiger partial charge in [-0.05, 0) is 41.5 Å². The number of ether oxygens (including phenoxy) is 2. The smallest absolute Gasteiger partial charge is 0.330 e. The van der Waals surface area contributed by atoms with Gasteiger partial charge >= 0.3 is 5.69 Å². The number of hydrogen-bond donors (Lipinski definition) is 2. The lowest BCUT2D eigenvalue weighted by molar-refractivity contribution is -0.167. The minimum absolute atomic E-state index is 0.108. The predicted octanol–water partition coefficient (Wildman–Crippen LogP) is 1.80. The molecule has 0 saturated carbocycles. The first kappa shape index (κ1) is 24.5. The van der Waals surface area contributed by atoms with Gasteiger partial charge in [0.25, 0.3) is 14.1 Å². The average molecular weight is 490 g/mol. The number of hydrogen-bond acceptors (Lipinski definition) is 9. The van der Waals surface area contributed by atoms with Crippen LogP contribution in [0.1, 0.15) is 54.2 Å². The zero-order chi connectivity index (χ0) is 26.3. The predicted molar refractivity (Wildman–Crippen MR) is 123 cm³/mol. The van der Waals surface area contributed by atoms with E-state index in [9.17, 15) is 9.59 Å². The Kier molecular flexibility index (Phi) is 8.66. The lowest BCUT2D eigenvalue weighted by Gasteiger charge is -2.38. The van der Waals surface area contributed by atoms with E-state index in [1.165, 1.54) is 17.9 Å². The third-order valence-electron chi connectivity index (χ3n) is 5.26. The summed E-state index contributed by atoms with van der Waals surface area (Å²) in [4.78, 5) is 26.5. The van der Waals surface area contributed by atoms with Crippen molar-refractivity contribution >= 4 is 8.53 Å². The van der Waals surface area contributed by atoms with Crippen molar-refractivity contribution in [3.05, 3.63) is 32.6 Å². The molecule has 11 nitrogen and oxygen atoms in total. The molecule has 1 unspecified atom stereocenters. The van der Waals surface area contributed by atoms with Crippen LogP contribution in [0.15, 0.2) is 15.8 Å². The van der Waals surface area contributed by atoms with Gasteiger partial charge in [0.1, 0.15) is 17.8 Å². The van der Waals surface area contributed by atoms with E-state index in [0.717, 1.165) is 0 Å². The molecule has 0 radical (unpaired) electrons. The second-order valence-electron chi connectivity index (χ2n) is 8.40. The topological polar surface area (TPSA) is 139 Å². The maximum Gasteiger partial charge on any atom is 0.330 e. The van der Waals surface area contributed by atoms with Gasteiger partial charge in [-0.3, -0.25) is 14.3 Å². The van der Waals surface area contributed by atoms with Crippen molar-refractivity contribution < 1.29 is 25.0 Å². The van der Waals surface area contributed by atoms with Crippen LogP contribution in [-0.2, 0) is 18.5 Å². The molecule has 2 bridgehead atoms. The van der Waals surface area contributed by atoms with Gasteiger partial charge in [0.05, 0.1) is 25.7 Å². The van der Waals surface area contributed by atoms with Crippen molar-refractivity contribution in [3.8, 4) is 6.07 Å². The zero-order valence-corrected chi connectivity index (χ0v) is 20.8. The molecule has 0 spiro atoms. The van der Waals surface area contributed by atoms with Crippen molar-refractivity contribution in [2.24, 2.45) is 0 Å². The number of rotatable bonds is 9. The number of aliphatic hydroxyl groups is 1. The Morgan fingerprint density at radius 1 is 1.52 bits per heavy atom. The highest BCUT2D eigenvalue weighted by atomic mass is 31.2. The van der Waals surface area contributed by atoms with E-state index in [0.29, 0.717) is 5.56 Å². The molecule has 3 heterocycles.